The Balaban J connectivity index is 1.56. The molecule has 6 heteroatoms. The summed E-state index contributed by atoms with van der Waals surface area (Å²) in [5.41, 5.74) is 1.04. The Morgan fingerprint density at radius 2 is 2.08 bits per heavy atom. The van der Waals surface area contributed by atoms with E-state index in [0.29, 0.717) is 5.92 Å². The van der Waals surface area contributed by atoms with Gasteiger partial charge in [-0.05, 0) is 52.3 Å². The maximum atomic E-state index is 5.48. The van der Waals surface area contributed by atoms with E-state index in [4.69, 9.17) is 4.52 Å². The van der Waals surface area contributed by atoms with E-state index in [2.05, 4.69) is 38.9 Å². The highest BCUT2D eigenvalue weighted by molar-refractivity contribution is 5.05. The first kappa shape index (κ1) is 17.0. The van der Waals surface area contributed by atoms with Crippen molar-refractivity contribution in [3.63, 3.8) is 0 Å². The number of hydrogen-bond donors (Lipinski definition) is 0. The molecule has 1 aliphatic heterocycles. The van der Waals surface area contributed by atoms with Crippen LogP contribution in [-0.2, 0) is 6.42 Å². The molecule has 0 N–H and O–H groups in total. The normalized spacial score (nSPS) is 18.0. The zero-order valence-corrected chi connectivity index (χ0v) is 14.9. The Morgan fingerprint density at radius 1 is 1.29 bits per heavy atom. The number of piperidine rings is 1. The maximum Gasteiger partial charge on any atom is 0.243 e. The quantitative estimate of drug-likeness (QED) is 0.808. The summed E-state index contributed by atoms with van der Waals surface area (Å²) < 4.78 is 5.48. The molecule has 3 heterocycles. The molecule has 24 heavy (non-hydrogen) atoms. The van der Waals surface area contributed by atoms with Gasteiger partial charge in [0.05, 0.1) is 6.04 Å². The highest BCUT2D eigenvalue weighted by Crippen LogP contribution is 2.30. The molecule has 1 unspecified atom stereocenters. The van der Waals surface area contributed by atoms with Crippen LogP contribution < -0.4 is 0 Å². The van der Waals surface area contributed by atoms with Crippen LogP contribution in [0.2, 0.25) is 0 Å². The lowest BCUT2D eigenvalue weighted by atomic mass is 9.95. The van der Waals surface area contributed by atoms with E-state index < -0.39 is 0 Å². The number of likely N-dealkylation sites (tertiary alicyclic amines) is 1. The van der Waals surface area contributed by atoms with Crippen LogP contribution >= 0.6 is 0 Å². The van der Waals surface area contributed by atoms with Crippen molar-refractivity contribution >= 4 is 0 Å². The van der Waals surface area contributed by atoms with Gasteiger partial charge in [0.2, 0.25) is 5.89 Å². The SMILES string of the molecule is CCCCc1noc(C(C)N2CCC(c3nccc(C)n3)CC2)n1. The fourth-order valence-electron chi connectivity index (χ4n) is 3.24. The summed E-state index contributed by atoms with van der Waals surface area (Å²) in [6.07, 6.45) is 7.17. The molecule has 1 fully saturated rings. The van der Waals surface area contributed by atoms with Crippen molar-refractivity contribution in [2.24, 2.45) is 0 Å². The van der Waals surface area contributed by atoms with Gasteiger partial charge in [-0.3, -0.25) is 4.90 Å². The Labute approximate surface area is 143 Å². The highest BCUT2D eigenvalue weighted by atomic mass is 16.5. The van der Waals surface area contributed by atoms with Crippen molar-refractivity contribution in [2.75, 3.05) is 13.1 Å². The van der Waals surface area contributed by atoms with Crippen LogP contribution in [0.25, 0.3) is 0 Å². The molecule has 2 aromatic rings. The molecule has 1 saturated heterocycles. The topological polar surface area (TPSA) is 67.9 Å². The fourth-order valence-corrected chi connectivity index (χ4v) is 3.24. The molecule has 0 amide bonds. The molecule has 6 nitrogen and oxygen atoms in total. The van der Waals surface area contributed by atoms with Gasteiger partial charge in [0, 0.05) is 24.2 Å². The minimum atomic E-state index is 0.173. The van der Waals surface area contributed by atoms with Gasteiger partial charge < -0.3 is 4.52 Å². The number of hydrogen-bond acceptors (Lipinski definition) is 6. The largest absolute Gasteiger partial charge is 0.338 e. The number of aromatic nitrogens is 4. The zero-order valence-electron chi connectivity index (χ0n) is 14.9. The predicted octanol–water partition coefficient (Wildman–Crippen LogP) is 3.45. The van der Waals surface area contributed by atoms with Crippen LogP contribution in [0.1, 0.15) is 74.7 Å². The van der Waals surface area contributed by atoms with E-state index in [-0.39, 0.29) is 6.04 Å². The second kappa shape index (κ2) is 7.83. The van der Waals surface area contributed by atoms with Gasteiger partial charge in [0.1, 0.15) is 5.82 Å². The number of aryl methyl sites for hydroxylation is 2. The Hall–Kier alpha value is -1.82. The van der Waals surface area contributed by atoms with E-state index in [1.54, 1.807) is 0 Å². The smallest absolute Gasteiger partial charge is 0.243 e. The van der Waals surface area contributed by atoms with E-state index in [1.807, 2.05) is 19.2 Å². The maximum absolute atomic E-state index is 5.48. The van der Waals surface area contributed by atoms with Gasteiger partial charge in [-0.1, -0.05) is 18.5 Å². The van der Waals surface area contributed by atoms with Crippen LogP contribution in [0.15, 0.2) is 16.8 Å². The van der Waals surface area contributed by atoms with Crippen LogP contribution in [0.3, 0.4) is 0 Å². The van der Waals surface area contributed by atoms with Crippen molar-refractivity contribution < 1.29 is 4.52 Å². The molecular weight excluding hydrogens is 302 g/mol. The third kappa shape index (κ3) is 3.98. The molecule has 130 valence electrons. The molecule has 1 aliphatic rings. The molecule has 0 aromatic carbocycles. The van der Waals surface area contributed by atoms with Crippen molar-refractivity contribution in [3.8, 4) is 0 Å². The lowest BCUT2D eigenvalue weighted by Crippen LogP contribution is -2.35. The molecule has 0 saturated carbocycles. The van der Waals surface area contributed by atoms with Crippen LogP contribution in [0, 0.1) is 6.92 Å². The van der Waals surface area contributed by atoms with E-state index in [9.17, 15) is 0 Å². The molecule has 0 aliphatic carbocycles. The first-order valence-corrected chi connectivity index (χ1v) is 9.03. The summed E-state index contributed by atoms with van der Waals surface area (Å²) in [7, 11) is 0. The third-order valence-corrected chi connectivity index (χ3v) is 4.85. The van der Waals surface area contributed by atoms with Gasteiger partial charge in [-0.15, -0.1) is 0 Å². The molecule has 2 aromatic heterocycles. The van der Waals surface area contributed by atoms with E-state index in [0.717, 1.165) is 68.4 Å². The van der Waals surface area contributed by atoms with Crippen molar-refractivity contribution in [1.29, 1.82) is 0 Å². The lowest BCUT2D eigenvalue weighted by molar-refractivity contribution is 0.134. The zero-order chi connectivity index (χ0) is 16.9. The first-order chi connectivity index (χ1) is 11.7. The van der Waals surface area contributed by atoms with Crippen LogP contribution in [0.4, 0.5) is 0 Å². The first-order valence-electron chi connectivity index (χ1n) is 9.03. The van der Waals surface area contributed by atoms with Crippen LogP contribution in [-0.4, -0.2) is 38.1 Å². The molecule has 3 rings (SSSR count). The number of rotatable bonds is 6. The minimum Gasteiger partial charge on any atom is -0.338 e. The summed E-state index contributed by atoms with van der Waals surface area (Å²) in [6.45, 7) is 8.37. The third-order valence-electron chi connectivity index (χ3n) is 4.85. The second-order valence-electron chi connectivity index (χ2n) is 6.69. The van der Waals surface area contributed by atoms with E-state index >= 15 is 0 Å². The summed E-state index contributed by atoms with van der Waals surface area (Å²) in [5.74, 6) is 3.02. The summed E-state index contributed by atoms with van der Waals surface area (Å²) in [4.78, 5) is 16.0. The summed E-state index contributed by atoms with van der Waals surface area (Å²) >= 11 is 0. The minimum absolute atomic E-state index is 0.173. The highest BCUT2D eigenvalue weighted by Gasteiger charge is 2.28. The molecule has 0 radical (unpaired) electrons. The molecular formula is C18H27N5O. The van der Waals surface area contributed by atoms with Gasteiger partial charge in [-0.25, -0.2) is 9.97 Å². The second-order valence-corrected chi connectivity index (χ2v) is 6.69. The number of nitrogens with zero attached hydrogens (tertiary/aromatic N) is 5. The van der Waals surface area contributed by atoms with Crippen molar-refractivity contribution in [1.82, 2.24) is 25.0 Å². The van der Waals surface area contributed by atoms with Crippen molar-refractivity contribution in [3.05, 3.63) is 35.5 Å². The lowest BCUT2D eigenvalue weighted by Gasteiger charge is -2.33. The Morgan fingerprint density at radius 3 is 2.79 bits per heavy atom. The van der Waals surface area contributed by atoms with Gasteiger partial charge in [0.25, 0.3) is 0 Å². The average Bonchev–Trinajstić information content (AvgIpc) is 3.08. The van der Waals surface area contributed by atoms with E-state index in [1.165, 1.54) is 0 Å². The molecule has 0 spiro atoms. The standard InChI is InChI=1S/C18H27N5O/c1-4-5-6-16-21-18(24-22-16)14(3)23-11-8-15(9-12-23)17-19-10-7-13(2)20-17/h7,10,14-15H,4-6,8-9,11-12H2,1-3H3. The fraction of sp³-hybridized carbons (Fsp3) is 0.667. The predicted molar refractivity (Wildman–Crippen MR) is 91.6 cm³/mol. The van der Waals surface area contributed by atoms with Gasteiger partial charge >= 0.3 is 0 Å². The Kier molecular flexibility index (Phi) is 5.56. The van der Waals surface area contributed by atoms with Gasteiger partial charge in [0.15, 0.2) is 5.82 Å². The number of unbranched alkanes of at least 4 members (excludes halogenated alkanes) is 1. The Bertz CT molecular complexity index is 648. The molecule has 1 atom stereocenters. The van der Waals surface area contributed by atoms with Crippen LogP contribution in [0.5, 0.6) is 0 Å². The monoisotopic (exact) mass is 329 g/mol. The summed E-state index contributed by atoms with van der Waals surface area (Å²) in [5, 5.41) is 4.11. The average molecular weight is 329 g/mol. The van der Waals surface area contributed by atoms with Crippen molar-refractivity contribution in [2.45, 2.75) is 64.8 Å². The summed E-state index contributed by atoms with van der Waals surface area (Å²) in [6, 6.07) is 2.12. The van der Waals surface area contributed by atoms with Gasteiger partial charge in [-0.2, -0.15) is 4.98 Å². The molecule has 0 bridgehead atoms.